The van der Waals surface area contributed by atoms with E-state index >= 15 is 0 Å². The Morgan fingerprint density at radius 1 is 1.53 bits per heavy atom. The van der Waals surface area contributed by atoms with Gasteiger partial charge in [-0.3, -0.25) is 14.8 Å². The lowest BCUT2D eigenvalue weighted by Crippen LogP contribution is -2.06. The molecule has 0 bridgehead atoms. The molecular formula is C12H13BrN4O2. The Morgan fingerprint density at radius 3 is 2.84 bits per heavy atom. The highest BCUT2D eigenvalue weighted by molar-refractivity contribution is 9.10. The SMILES string of the molecule is CC(Nc1cc([N+](=O)[O-])ccc1Br)c1cnn(C)c1. The maximum absolute atomic E-state index is 10.8. The van der Waals surface area contributed by atoms with Crippen LogP contribution >= 0.6 is 15.9 Å². The van der Waals surface area contributed by atoms with Crippen molar-refractivity contribution in [2.45, 2.75) is 13.0 Å². The average Bonchev–Trinajstić information content (AvgIpc) is 2.78. The Kier molecular flexibility index (Phi) is 3.84. The molecule has 0 saturated carbocycles. The number of anilines is 1. The first-order valence-electron chi connectivity index (χ1n) is 5.66. The van der Waals surface area contributed by atoms with Gasteiger partial charge in [0.05, 0.1) is 22.8 Å². The van der Waals surface area contributed by atoms with Gasteiger partial charge in [0.2, 0.25) is 0 Å². The molecule has 7 heteroatoms. The molecule has 0 saturated heterocycles. The lowest BCUT2D eigenvalue weighted by molar-refractivity contribution is -0.384. The highest BCUT2D eigenvalue weighted by Crippen LogP contribution is 2.30. The van der Waals surface area contributed by atoms with Crippen molar-refractivity contribution in [1.82, 2.24) is 9.78 Å². The van der Waals surface area contributed by atoms with E-state index in [1.165, 1.54) is 12.1 Å². The van der Waals surface area contributed by atoms with Gasteiger partial charge in [-0.1, -0.05) is 0 Å². The molecule has 0 spiro atoms. The molecule has 0 fully saturated rings. The first-order chi connectivity index (χ1) is 8.97. The maximum Gasteiger partial charge on any atom is 0.271 e. The van der Waals surface area contributed by atoms with E-state index in [-0.39, 0.29) is 11.7 Å². The summed E-state index contributed by atoms with van der Waals surface area (Å²) in [5.74, 6) is 0. The zero-order valence-corrected chi connectivity index (χ0v) is 12.1. The number of nitro benzene ring substituents is 1. The minimum absolute atomic E-state index is 0.00649. The van der Waals surface area contributed by atoms with Gasteiger partial charge >= 0.3 is 0 Å². The van der Waals surface area contributed by atoms with Crippen LogP contribution < -0.4 is 5.32 Å². The molecule has 1 atom stereocenters. The van der Waals surface area contributed by atoms with Crippen LogP contribution in [0.1, 0.15) is 18.5 Å². The molecule has 1 N–H and O–H groups in total. The molecular weight excluding hydrogens is 312 g/mol. The average molecular weight is 325 g/mol. The molecule has 2 aromatic rings. The van der Waals surface area contributed by atoms with E-state index in [4.69, 9.17) is 0 Å². The van der Waals surface area contributed by atoms with Crippen molar-refractivity contribution in [1.29, 1.82) is 0 Å². The highest BCUT2D eigenvalue weighted by atomic mass is 79.9. The minimum atomic E-state index is -0.410. The quantitative estimate of drug-likeness (QED) is 0.692. The van der Waals surface area contributed by atoms with Crippen LogP contribution in [0.5, 0.6) is 0 Å². The van der Waals surface area contributed by atoms with Crippen molar-refractivity contribution in [3.63, 3.8) is 0 Å². The number of nitrogens with zero attached hydrogens (tertiary/aromatic N) is 3. The van der Waals surface area contributed by atoms with Crippen molar-refractivity contribution in [3.8, 4) is 0 Å². The Labute approximate surface area is 118 Å². The maximum atomic E-state index is 10.8. The second-order valence-electron chi connectivity index (χ2n) is 4.23. The lowest BCUT2D eigenvalue weighted by Gasteiger charge is -2.14. The largest absolute Gasteiger partial charge is 0.377 e. The van der Waals surface area contributed by atoms with Crippen LogP contribution in [0.2, 0.25) is 0 Å². The molecule has 100 valence electrons. The zero-order valence-electron chi connectivity index (χ0n) is 10.5. The van der Waals surface area contributed by atoms with Gasteiger partial charge in [-0.15, -0.1) is 0 Å². The Balaban J connectivity index is 2.22. The minimum Gasteiger partial charge on any atom is -0.377 e. The Bertz CT molecular complexity index is 612. The van der Waals surface area contributed by atoms with Gasteiger partial charge in [-0.25, -0.2) is 0 Å². The van der Waals surface area contributed by atoms with Crippen LogP contribution in [0.15, 0.2) is 35.1 Å². The lowest BCUT2D eigenvalue weighted by atomic mass is 10.2. The fraction of sp³-hybridized carbons (Fsp3) is 0.250. The topological polar surface area (TPSA) is 73.0 Å². The van der Waals surface area contributed by atoms with Gasteiger partial charge < -0.3 is 5.32 Å². The molecule has 0 aliphatic carbocycles. The monoisotopic (exact) mass is 324 g/mol. The van der Waals surface area contributed by atoms with Crippen LogP contribution in [0.4, 0.5) is 11.4 Å². The fourth-order valence-electron chi connectivity index (χ4n) is 1.72. The van der Waals surface area contributed by atoms with E-state index in [2.05, 4.69) is 26.3 Å². The molecule has 1 unspecified atom stereocenters. The number of nitro groups is 1. The predicted octanol–water partition coefficient (Wildman–Crippen LogP) is 3.26. The highest BCUT2D eigenvalue weighted by Gasteiger charge is 2.13. The first-order valence-corrected chi connectivity index (χ1v) is 6.45. The fourth-order valence-corrected chi connectivity index (χ4v) is 2.08. The van der Waals surface area contributed by atoms with Gasteiger partial charge in [0.1, 0.15) is 0 Å². The summed E-state index contributed by atoms with van der Waals surface area (Å²) in [4.78, 5) is 10.4. The Hall–Kier alpha value is -1.89. The van der Waals surface area contributed by atoms with Crippen LogP contribution in [-0.4, -0.2) is 14.7 Å². The van der Waals surface area contributed by atoms with Gasteiger partial charge in [0, 0.05) is 35.4 Å². The van der Waals surface area contributed by atoms with E-state index in [1.807, 2.05) is 20.2 Å². The normalized spacial score (nSPS) is 12.2. The number of hydrogen-bond acceptors (Lipinski definition) is 4. The number of aromatic nitrogens is 2. The van der Waals surface area contributed by atoms with Gasteiger partial charge in [0.25, 0.3) is 5.69 Å². The number of benzene rings is 1. The third-order valence-corrected chi connectivity index (χ3v) is 3.45. The van der Waals surface area contributed by atoms with Gasteiger partial charge in [0.15, 0.2) is 0 Å². The molecule has 1 aromatic heterocycles. The number of hydrogen-bond donors (Lipinski definition) is 1. The van der Waals surface area contributed by atoms with Crippen molar-refractivity contribution in [2.75, 3.05) is 5.32 Å². The molecule has 2 rings (SSSR count). The molecule has 0 aliphatic rings. The summed E-state index contributed by atoms with van der Waals surface area (Å²) in [6, 6.07) is 4.64. The summed E-state index contributed by atoms with van der Waals surface area (Å²) in [7, 11) is 1.85. The van der Waals surface area contributed by atoms with Crippen LogP contribution in [-0.2, 0) is 7.05 Å². The molecule has 19 heavy (non-hydrogen) atoms. The van der Waals surface area contributed by atoms with Gasteiger partial charge in [-0.05, 0) is 28.9 Å². The summed E-state index contributed by atoms with van der Waals surface area (Å²) in [5, 5.41) is 18.1. The first kappa shape index (κ1) is 13.5. The number of aryl methyl sites for hydroxylation is 1. The van der Waals surface area contributed by atoms with E-state index in [9.17, 15) is 10.1 Å². The second-order valence-corrected chi connectivity index (χ2v) is 5.09. The summed E-state index contributed by atoms with van der Waals surface area (Å²) < 4.78 is 2.50. The molecule has 1 aromatic carbocycles. The third-order valence-electron chi connectivity index (χ3n) is 2.76. The number of nitrogens with one attached hydrogen (secondary N) is 1. The van der Waals surface area contributed by atoms with E-state index in [0.29, 0.717) is 5.69 Å². The molecule has 0 radical (unpaired) electrons. The Morgan fingerprint density at radius 2 is 2.26 bits per heavy atom. The standard InChI is InChI=1S/C12H13BrN4O2/c1-8(9-6-14-16(2)7-9)15-12-5-10(17(18)19)3-4-11(12)13/h3-8,15H,1-2H3. The van der Waals surface area contributed by atoms with Crippen LogP contribution in [0.3, 0.4) is 0 Å². The van der Waals surface area contributed by atoms with Crippen molar-refractivity contribution >= 4 is 27.3 Å². The van der Waals surface area contributed by atoms with Crippen molar-refractivity contribution < 1.29 is 4.92 Å². The summed E-state index contributed by atoms with van der Waals surface area (Å²) in [6.45, 7) is 1.97. The summed E-state index contributed by atoms with van der Waals surface area (Å²) in [5.41, 5.74) is 1.76. The predicted molar refractivity (Wildman–Crippen MR) is 76.0 cm³/mol. The molecule has 1 heterocycles. The van der Waals surface area contributed by atoms with Gasteiger partial charge in [-0.2, -0.15) is 5.10 Å². The molecule has 0 aliphatic heterocycles. The smallest absolute Gasteiger partial charge is 0.271 e. The number of non-ortho nitro benzene ring substituents is 1. The number of rotatable bonds is 4. The van der Waals surface area contributed by atoms with Crippen LogP contribution in [0.25, 0.3) is 0 Å². The molecule has 0 amide bonds. The summed E-state index contributed by atoms with van der Waals surface area (Å²) in [6.07, 6.45) is 3.67. The van der Waals surface area contributed by atoms with Crippen molar-refractivity contribution in [2.24, 2.45) is 7.05 Å². The van der Waals surface area contributed by atoms with Crippen LogP contribution in [0, 0.1) is 10.1 Å². The summed E-state index contributed by atoms with van der Waals surface area (Å²) >= 11 is 3.38. The molecule has 6 nitrogen and oxygen atoms in total. The van der Waals surface area contributed by atoms with Crippen molar-refractivity contribution in [3.05, 3.63) is 50.7 Å². The second kappa shape index (κ2) is 5.40. The van der Waals surface area contributed by atoms with E-state index in [1.54, 1.807) is 16.9 Å². The third kappa shape index (κ3) is 3.11. The van der Waals surface area contributed by atoms with E-state index in [0.717, 1.165) is 10.0 Å². The zero-order chi connectivity index (χ0) is 14.0. The number of halogens is 1. The van der Waals surface area contributed by atoms with E-state index < -0.39 is 4.92 Å².